The van der Waals surface area contributed by atoms with E-state index >= 15 is 0 Å². The lowest BCUT2D eigenvalue weighted by atomic mass is 9.88. The molecule has 130 valence electrons. The fourth-order valence-electron chi connectivity index (χ4n) is 2.82. The van der Waals surface area contributed by atoms with Gasteiger partial charge in [0.15, 0.2) is 0 Å². The third-order valence-corrected chi connectivity index (χ3v) is 4.08. The van der Waals surface area contributed by atoms with Crippen molar-refractivity contribution in [1.29, 1.82) is 0 Å². The molecule has 10 heteroatoms. The van der Waals surface area contributed by atoms with Gasteiger partial charge in [0.25, 0.3) is 5.69 Å². The van der Waals surface area contributed by atoms with Crippen molar-refractivity contribution in [3.8, 4) is 0 Å². The Kier molecular flexibility index (Phi) is 4.26. The molecule has 1 aliphatic rings. The maximum atomic E-state index is 12.4. The summed E-state index contributed by atoms with van der Waals surface area (Å²) in [7, 11) is 0. The molecule has 1 saturated heterocycles. The van der Waals surface area contributed by atoms with Crippen LogP contribution < -0.4 is 4.90 Å². The van der Waals surface area contributed by atoms with E-state index in [2.05, 4.69) is 10.0 Å². The number of rotatable bonds is 5. The predicted octanol–water partition coefficient (Wildman–Crippen LogP) is 3.06. The van der Waals surface area contributed by atoms with Crippen LogP contribution in [0.15, 0.2) is 53.6 Å². The number of nitro groups is 1. The first-order chi connectivity index (χ1) is 12.4. The van der Waals surface area contributed by atoms with E-state index in [0.29, 0.717) is 11.3 Å². The molecule has 3 rings (SSSR count). The van der Waals surface area contributed by atoms with E-state index in [-0.39, 0.29) is 11.3 Å². The van der Waals surface area contributed by atoms with Crippen LogP contribution in [-0.2, 0) is 4.79 Å². The lowest BCUT2D eigenvalue weighted by molar-refractivity contribution is -0.384. The van der Waals surface area contributed by atoms with E-state index < -0.39 is 28.9 Å². The zero-order valence-corrected chi connectivity index (χ0v) is 13.1. The first-order valence-electron chi connectivity index (χ1n) is 7.39. The number of anilines is 1. The van der Waals surface area contributed by atoms with Crippen LogP contribution in [0.4, 0.5) is 11.4 Å². The van der Waals surface area contributed by atoms with Gasteiger partial charge >= 0.3 is 5.97 Å². The van der Waals surface area contributed by atoms with Crippen molar-refractivity contribution in [2.24, 2.45) is 5.11 Å². The summed E-state index contributed by atoms with van der Waals surface area (Å²) in [6.07, 6.45) is 0. The summed E-state index contributed by atoms with van der Waals surface area (Å²) in [6, 6.07) is 9.67. The number of nitro benzene ring substituents is 1. The van der Waals surface area contributed by atoms with E-state index in [4.69, 9.17) is 10.6 Å². The second-order valence-electron chi connectivity index (χ2n) is 5.50. The maximum absolute atomic E-state index is 12.4. The molecule has 1 N–H and O–H groups in total. The maximum Gasteiger partial charge on any atom is 0.335 e. The van der Waals surface area contributed by atoms with Crippen LogP contribution in [0, 0.1) is 10.1 Å². The van der Waals surface area contributed by atoms with Crippen LogP contribution in [0.2, 0.25) is 0 Å². The molecule has 1 amide bonds. The number of carboxylic acid groups (broad SMARTS) is 1. The monoisotopic (exact) mass is 353 g/mol. The molecule has 1 fully saturated rings. The number of hydrogen-bond acceptors (Lipinski definition) is 5. The van der Waals surface area contributed by atoms with Gasteiger partial charge < -0.3 is 10.0 Å². The Morgan fingerprint density at radius 3 is 2.31 bits per heavy atom. The van der Waals surface area contributed by atoms with E-state index in [9.17, 15) is 19.7 Å². The highest BCUT2D eigenvalue weighted by molar-refractivity contribution is 6.06. The van der Waals surface area contributed by atoms with E-state index in [1.807, 2.05) is 0 Å². The minimum Gasteiger partial charge on any atom is -0.478 e. The fourth-order valence-corrected chi connectivity index (χ4v) is 2.82. The first kappa shape index (κ1) is 16.9. The molecule has 1 heterocycles. The Bertz CT molecular complexity index is 935. The highest BCUT2D eigenvalue weighted by Gasteiger charge is 2.48. The number of amides is 1. The number of aromatic carboxylic acids is 1. The van der Waals surface area contributed by atoms with Gasteiger partial charge in [-0.2, -0.15) is 0 Å². The lowest BCUT2D eigenvalue weighted by Gasteiger charge is -2.45. The Morgan fingerprint density at radius 2 is 1.81 bits per heavy atom. The largest absolute Gasteiger partial charge is 0.478 e. The molecule has 10 nitrogen and oxygen atoms in total. The predicted molar refractivity (Wildman–Crippen MR) is 89.7 cm³/mol. The van der Waals surface area contributed by atoms with Gasteiger partial charge in [-0.3, -0.25) is 14.9 Å². The molecule has 2 atom stereocenters. The SMILES string of the molecule is [N-]=[N+]=NC1C(=O)N(c2ccc(C(=O)O)cc2)C1c1ccc([N+](=O)[O-])cc1. The Morgan fingerprint density at radius 1 is 1.19 bits per heavy atom. The van der Waals surface area contributed by atoms with Crippen LogP contribution in [-0.4, -0.2) is 27.9 Å². The van der Waals surface area contributed by atoms with Crippen molar-refractivity contribution in [1.82, 2.24) is 0 Å². The van der Waals surface area contributed by atoms with Gasteiger partial charge in [-0.1, -0.05) is 17.2 Å². The molecule has 0 bridgehead atoms. The van der Waals surface area contributed by atoms with Crippen molar-refractivity contribution in [2.45, 2.75) is 12.1 Å². The third kappa shape index (κ3) is 2.80. The molecule has 0 radical (unpaired) electrons. The van der Waals surface area contributed by atoms with Gasteiger partial charge in [0.1, 0.15) is 6.04 Å². The van der Waals surface area contributed by atoms with Crippen LogP contribution in [0.5, 0.6) is 0 Å². The molecule has 0 aliphatic carbocycles. The third-order valence-electron chi connectivity index (χ3n) is 4.08. The average molecular weight is 353 g/mol. The standard InChI is InChI=1S/C16H11N5O5/c17-19-18-13-14(9-1-7-12(8-2-9)21(25)26)20(15(13)22)11-5-3-10(4-6-11)16(23)24/h1-8,13-14H,(H,23,24). The van der Waals surface area contributed by atoms with Crippen molar-refractivity contribution >= 4 is 23.3 Å². The van der Waals surface area contributed by atoms with E-state index in [0.717, 1.165) is 0 Å². The fraction of sp³-hybridized carbons (Fsp3) is 0.125. The molecule has 0 saturated carbocycles. The highest BCUT2D eigenvalue weighted by atomic mass is 16.6. The number of carbonyl (C=O) groups is 2. The number of hydrogen-bond donors (Lipinski definition) is 1. The van der Waals surface area contributed by atoms with Crippen molar-refractivity contribution < 1.29 is 19.6 Å². The van der Waals surface area contributed by atoms with Gasteiger partial charge in [-0.05, 0) is 35.4 Å². The number of carbonyl (C=O) groups excluding carboxylic acids is 1. The first-order valence-corrected chi connectivity index (χ1v) is 7.39. The molecule has 2 aromatic carbocycles. The van der Waals surface area contributed by atoms with Crippen LogP contribution in [0.25, 0.3) is 10.4 Å². The van der Waals surface area contributed by atoms with Gasteiger partial charge in [0, 0.05) is 22.7 Å². The smallest absolute Gasteiger partial charge is 0.335 e. The summed E-state index contributed by atoms with van der Waals surface area (Å²) < 4.78 is 0. The molecule has 2 unspecified atom stereocenters. The number of carboxylic acids is 1. The van der Waals surface area contributed by atoms with E-state index in [1.165, 1.54) is 53.4 Å². The summed E-state index contributed by atoms with van der Waals surface area (Å²) in [4.78, 5) is 37.6. The Labute approximate surface area is 146 Å². The average Bonchev–Trinajstić information content (AvgIpc) is 2.64. The molecular formula is C16H11N5O5. The molecule has 0 spiro atoms. The van der Waals surface area contributed by atoms with Crippen LogP contribution in [0.3, 0.4) is 0 Å². The number of nitrogens with zero attached hydrogens (tertiary/aromatic N) is 5. The summed E-state index contributed by atoms with van der Waals surface area (Å²) in [5.41, 5.74) is 9.66. The van der Waals surface area contributed by atoms with Crippen molar-refractivity contribution in [3.05, 3.63) is 80.2 Å². The van der Waals surface area contributed by atoms with Crippen LogP contribution in [0.1, 0.15) is 22.0 Å². The van der Waals surface area contributed by atoms with Crippen LogP contribution >= 0.6 is 0 Å². The molecule has 2 aromatic rings. The minimum atomic E-state index is -1.09. The summed E-state index contributed by atoms with van der Waals surface area (Å²) in [5.74, 6) is -1.53. The quantitative estimate of drug-likeness (QED) is 0.219. The molecule has 0 aromatic heterocycles. The number of azide groups is 1. The normalized spacial score (nSPS) is 18.6. The van der Waals surface area contributed by atoms with Gasteiger partial charge in [-0.25, -0.2) is 4.79 Å². The van der Waals surface area contributed by atoms with Crippen molar-refractivity contribution in [2.75, 3.05) is 4.90 Å². The zero-order valence-electron chi connectivity index (χ0n) is 13.1. The second-order valence-corrected chi connectivity index (χ2v) is 5.50. The molecule has 1 aliphatic heterocycles. The number of β-lactam (4-membered cyclic amide) rings is 1. The Hall–Kier alpha value is -3.91. The van der Waals surface area contributed by atoms with Gasteiger partial charge in [0.2, 0.25) is 5.91 Å². The highest BCUT2D eigenvalue weighted by Crippen LogP contribution is 2.41. The minimum absolute atomic E-state index is 0.0696. The lowest BCUT2D eigenvalue weighted by Crippen LogP contribution is -2.58. The number of benzene rings is 2. The topological polar surface area (TPSA) is 150 Å². The second kappa shape index (κ2) is 6.54. The Balaban J connectivity index is 1.97. The summed E-state index contributed by atoms with van der Waals surface area (Å²) in [6.45, 7) is 0. The number of non-ortho nitro benzene ring substituents is 1. The summed E-state index contributed by atoms with van der Waals surface area (Å²) in [5, 5.41) is 23.3. The van der Waals surface area contributed by atoms with Crippen molar-refractivity contribution in [3.63, 3.8) is 0 Å². The van der Waals surface area contributed by atoms with Gasteiger partial charge in [0.05, 0.1) is 16.5 Å². The van der Waals surface area contributed by atoms with E-state index in [1.54, 1.807) is 0 Å². The molecular weight excluding hydrogens is 342 g/mol. The zero-order chi connectivity index (χ0) is 18.8. The summed E-state index contributed by atoms with van der Waals surface area (Å²) >= 11 is 0. The molecule has 26 heavy (non-hydrogen) atoms. The van der Waals surface area contributed by atoms with Gasteiger partial charge in [-0.15, -0.1) is 0 Å².